The number of piperidine rings is 1. The van der Waals surface area contributed by atoms with Gasteiger partial charge in [-0.1, -0.05) is 6.07 Å². The van der Waals surface area contributed by atoms with Crippen LogP contribution in [0.3, 0.4) is 0 Å². The van der Waals surface area contributed by atoms with Gasteiger partial charge in [0.05, 0.1) is 17.4 Å². The maximum absolute atomic E-state index is 14.0. The van der Waals surface area contributed by atoms with Crippen molar-refractivity contribution in [1.29, 1.82) is 0 Å². The van der Waals surface area contributed by atoms with Crippen LogP contribution in [0, 0.1) is 0 Å². The summed E-state index contributed by atoms with van der Waals surface area (Å²) in [5.41, 5.74) is 2.69. The number of benzene rings is 1. The molecular weight excluding hydrogens is 402 g/mol. The molecule has 2 aliphatic rings. The predicted molar refractivity (Wildman–Crippen MR) is 113 cm³/mol. The summed E-state index contributed by atoms with van der Waals surface area (Å²) >= 11 is 0. The second-order valence-corrected chi connectivity index (χ2v) is 8.50. The molecule has 5 rings (SSSR count). The van der Waals surface area contributed by atoms with Crippen molar-refractivity contribution in [3.63, 3.8) is 0 Å². The molecule has 2 saturated heterocycles. The van der Waals surface area contributed by atoms with E-state index < -0.39 is 12.0 Å². The molecule has 1 aromatic carbocycles. The van der Waals surface area contributed by atoms with E-state index in [-0.39, 0.29) is 24.3 Å². The number of halogens is 2. The lowest BCUT2D eigenvalue weighted by atomic mass is 9.98. The maximum atomic E-state index is 14.0. The standard InChI is InChI=1S/C22H24F2N6O/c1-29-8-7-17(28-29)13-3-4-16(19(31)9-13)18-5-6-21(27-26-18)30(2)15-10-14-12-22(23,24)20(11-15)25-14/h3-9,14-15,20,25,31H,10-12H2,1-2H3/t14-,15-,20-/m0/s1. The van der Waals surface area contributed by atoms with E-state index in [4.69, 9.17) is 0 Å². The Morgan fingerprint density at radius 2 is 1.97 bits per heavy atom. The van der Waals surface area contributed by atoms with Crippen molar-refractivity contribution in [3.8, 4) is 28.3 Å². The third-order valence-corrected chi connectivity index (χ3v) is 6.37. The van der Waals surface area contributed by atoms with Gasteiger partial charge in [-0.25, -0.2) is 8.78 Å². The zero-order valence-electron chi connectivity index (χ0n) is 17.3. The monoisotopic (exact) mass is 426 g/mol. The number of anilines is 1. The first-order chi connectivity index (χ1) is 14.8. The Balaban J connectivity index is 1.33. The Morgan fingerprint density at radius 1 is 1.13 bits per heavy atom. The van der Waals surface area contributed by atoms with Gasteiger partial charge in [-0.3, -0.25) is 4.68 Å². The van der Waals surface area contributed by atoms with Crippen molar-refractivity contribution in [3.05, 3.63) is 42.6 Å². The smallest absolute Gasteiger partial charge is 0.264 e. The number of hydrogen-bond donors (Lipinski definition) is 2. The Labute approximate surface area is 178 Å². The molecular formula is C22H24F2N6O. The van der Waals surface area contributed by atoms with Crippen LogP contribution in [0.5, 0.6) is 5.75 Å². The summed E-state index contributed by atoms with van der Waals surface area (Å²) in [6.45, 7) is 0. The van der Waals surface area contributed by atoms with Crippen molar-refractivity contribution in [2.75, 3.05) is 11.9 Å². The molecule has 0 radical (unpaired) electrons. The third kappa shape index (κ3) is 3.63. The summed E-state index contributed by atoms with van der Waals surface area (Å²) in [5, 5.41) is 26.5. The molecule has 2 bridgehead atoms. The number of phenols is 1. The highest BCUT2D eigenvalue weighted by atomic mass is 19.3. The Morgan fingerprint density at radius 3 is 2.61 bits per heavy atom. The Hall–Kier alpha value is -3.07. The van der Waals surface area contributed by atoms with Crippen LogP contribution < -0.4 is 10.2 Å². The molecule has 7 nitrogen and oxygen atoms in total. The van der Waals surface area contributed by atoms with E-state index >= 15 is 0 Å². The zero-order chi connectivity index (χ0) is 21.8. The SMILES string of the molecule is CN(c1ccc(-c2ccc(-c3ccn(C)n3)cc2O)nn1)[C@H]1C[C@H]2CC(F)(F)[C@H](C1)N2. The van der Waals surface area contributed by atoms with Crippen LogP contribution in [0.1, 0.15) is 19.3 Å². The molecule has 4 heterocycles. The zero-order valence-corrected chi connectivity index (χ0v) is 17.3. The molecule has 2 aliphatic heterocycles. The van der Waals surface area contributed by atoms with Gasteiger partial charge in [-0.2, -0.15) is 5.10 Å². The molecule has 0 saturated carbocycles. The van der Waals surface area contributed by atoms with E-state index in [0.29, 0.717) is 29.9 Å². The van der Waals surface area contributed by atoms with E-state index in [1.54, 1.807) is 22.9 Å². The van der Waals surface area contributed by atoms with Crippen LogP contribution in [0.4, 0.5) is 14.6 Å². The molecule has 0 unspecified atom stereocenters. The van der Waals surface area contributed by atoms with Crippen LogP contribution in [0.15, 0.2) is 42.6 Å². The molecule has 0 spiro atoms. The van der Waals surface area contributed by atoms with Crippen molar-refractivity contribution in [2.45, 2.75) is 43.3 Å². The van der Waals surface area contributed by atoms with Crippen molar-refractivity contribution in [2.24, 2.45) is 7.05 Å². The number of aromatic hydroxyl groups is 1. The van der Waals surface area contributed by atoms with Crippen LogP contribution in [0.2, 0.25) is 0 Å². The van der Waals surface area contributed by atoms with Gasteiger partial charge >= 0.3 is 0 Å². The van der Waals surface area contributed by atoms with Gasteiger partial charge in [-0.05, 0) is 43.2 Å². The normalized spacial score (nSPS) is 24.3. The predicted octanol–water partition coefficient (Wildman–Crippen LogP) is 3.21. The Bertz CT molecular complexity index is 1100. The van der Waals surface area contributed by atoms with E-state index in [2.05, 4.69) is 20.6 Å². The lowest BCUT2D eigenvalue weighted by Crippen LogP contribution is -2.49. The van der Waals surface area contributed by atoms with Crippen LogP contribution in [0.25, 0.3) is 22.5 Å². The second-order valence-electron chi connectivity index (χ2n) is 8.50. The number of phenolic OH excluding ortho intramolecular Hbond substituents is 1. The third-order valence-electron chi connectivity index (χ3n) is 6.37. The fourth-order valence-electron chi connectivity index (χ4n) is 4.66. The molecule has 9 heteroatoms. The first-order valence-corrected chi connectivity index (χ1v) is 10.3. The molecule has 2 aromatic heterocycles. The number of aryl methyl sites for hydroxylation is 1. The second kappa shape index (κ2) is 7.26. The van der Waals surface area contributed by atoms with Crippen molar-refractivity contribution in [1.82, 2.24) is 25.3 Å². The van der Waals surface area contributed by atoms with E-state index in [1.165, 1.54) is 0 Å². The lowest BCUT2D eigenvalue weighted by molar-refractivity contribution is -0.0128. The first kappa shape index (κ1) is 19.9. The van der Waals surface area contributed by atoms with E-state index in [1.807, 2.05) is 43.4 Å². The summed E-state index contributed by atoms with van der Waals surface area (Å²) in [4.78, 5) is 1.93. The van der Waals surface area contributed by atoms with E-state index in [0.717, 1.165) is 11.3 Å². The summed E-state index contributed by atoms with van der Waals surface area (Å²) in [6.07, 6.45) is 2.78. The molecule has 2 fully saturated rings. The average Bonchev–Trinajstić information content (AvgIpc) is 3.27. The van der Waals surface area contributed by atoms with E-state index in [9.17, 15) is 13.9 Å². The molecule has 162 valence electrons. The van der Waals surface area contributed by atoms with Gasteiger partial charge in [-0.15, -0.1) is 10.2 Å². The topological polar surface area (TPSA) is 79.1 Å². The fraction of sp³-hybridized carbons (Fsp3) is 0.409. The average molecular weight is 426 g/mol. The fourth-order valence-corrected chi connectivity index (χ4v) is 4.66. The summed E-state index contributed by atoms with van der Waals surface area (Å²) < 4.78 is 29.7. The minimum atomic E-state index is -2.64. The Kier molecular flexibility index (Phi) is 4.65. The highest BCUT2D eigenvalue weighted by molar-refractivity contribution is 5.73. The van der Waals surface area contributed by atoms with Gasteiger partial charge < -0.3 is 15.3 Å². The number of rotatable bonds is 4. The maximum Gasteiger partial charge on any atom is 0.264 e. The number of hydrogen-bond acceptors (Lipinski definition) is 6. The van der Waals surface area contributed by atoms with Gasteiger partial charge in [0.15, 0.2) is 5.82 Å². The molecule has 3 aromatic rings. The molecule has 0 aliphatic carbocycles. The van der Waals surface area contributed by atoms with Gasteiger partial charge in [0.2, 0.25) is 0 Å². The highest BCUT2D eigenvalue weighted by Crippen LogP contribution is 2.41. The van der Waals surface area contributed by atoms with Crippen LogP contribution >= 0.6 is 0 Å². The number of aromatic nitrogens is 4. The minimum absolute atomic E-state index is 0.0177. The molecule has 3 atom stereocenters. The minimum Gasteiger partial charge on any atom is -0.507 e. The quantitative estimate of drug-likeness (QED) is 0.667. The van der Waals surface area contributed by atoms with Crippen LogP contribution in [-0.4, -0.2) is 56.2 Å². The highest BCUT2D eigenvalue weighted by Gasteiger charge is 2.53. The van der Waals surface area contributed by atoms with Gasteiger partial charge in [0, 0.05) is 49.9 Å². The lowest BCUT2D eigenvalue weighted by Gasteiger charge is -2.36. The van der Waals surface area contributed by atoms with Gasteiger partial charge in [0.1, 0.15) is 5.75 Å². The van der Waals surface area contributed by atoms with Crippen LogP contribution in [-0.2, 0) is 7.05 Å². The number of nitrogens with one attached hydrogen (secondary N) is 1. The molecule has 2 N–H and O–H groups in total. The van der Waals surface area contributed by atoms with Crippen molar-refractivity contribution >= 4 is 5.82 Å². The summed E-state index contributed by atoms with van der Waals surface area (Å²) in [6, 6.07) is 9.85. The van der Waals surface area contributed by atoms with Crippen molar-refractivity contribution < 1.29 is 13.9 Å². The number of alkyl halides is 2. The number of nitrogens with zero attached hydrogens (tertiary/aromatic N) is 5. The first-order valence-electron chi connectivity index (χ1n) is 10.3. The number of fused-ring (bicyclic) bond motifs is 2. The molecule has 31 heavy (non-hydrogen) atoms. The van der Waals surface area contributed by atoms with Gasteiger partial charge in [0.25, 0.3) is 5.92 Å². The molecule has 0 amide bonds. The summed E-state index contributed by atoms with van der Waals surface area (Å²) in [7, 11) is 3.71. The largest absolute Gasteiger partial charge is 0.507 e. The summed E-state index contributed by atoms with van der Waals surface area (Å²) in [5.74, 6) is -1.92.